The van der Waals surface area contributed by atoms with Crippen LogP contribution in [0.3, 0.4) is 0 Å². The maximum Gasteiger partial charge on any atom is 0.0300 e. The molecule has 0 spiro atoms. The first-order chi connectivity index (χ1) is 9.75. The van der Waals surface area contributed by atoms with Gasteiger partial charge in [0.2, 0.25) is 0 Å². The Morgan fingerprint density at radius 2 is 1.80 bits per heavy atom. The lowest BCUT2D eigenvalue weighted by atomic mass is 9.92. The van der Waals surface area contributed by atoms with Crippen LogP contribution in [0, 0.1) is 5.92 Å². The van der Waals surface area contributed by atoms with Crippen LogP contribution >= 0.6 is 0 Å². The summed E-state index contributed by atoms with van der Waals surface area (Å²) in [5.41, 5.74) is 2.69. The van der Waals surface area contributed by atoms with E-state index in [1.165, 1.54) is 11.1 Å². The van der Waals surface area contributed by atoms with Gasteiger partial charge in [-0.1, -0.05) is 50.2 Å². The molecule has 106 valence electrons. The third-order valence-electron chi connectivity index (χ3n) is 3.42. The van der Waals surface area contributed by atoms with Gasteiger partial charge >= 0.3 is 0 Å². The minimum atomic E-state index is 0.499. The van der Waals surface area contributed by atoms with Crippen molar-refractivity contribution in [1.82, 2.24) is 10.3 Å². The van der Waals surface area contributed by atoms with Crippen LogP contribution in [-0.2, 0) is 6.42 Å². The van der Waals surface area contributed by atoms with E-state index in [-0.39, 0.29) is 0 Å². The second-order valence-corrected chi connectivity index (χ2v) is 5.73. The molecule has 1 heterocycles. The van der Waals surface area contributed by atoms with Gasteiger partial charge in [0, 0.05) is 24.9 Å². The van der Waals surface area contributed by atoms with Gasteiger partial charge in [0.1, 0.15) is 0 Å². The van der Waals surface area contributed by atoms with E-state index in [1.807, 2.05) is 18.5 Å². The van der Waals surface area contributed by atoms with E-state index in [9.17, 15) is 0 Å². The maximum absolute atomic E-state index is 4.22. The van der Waals surface area contributed by atoms with Crippen molar-refractivity contribution in [3.05, 3.63) is 66.0 Å². The van der Waals surface area contributed by atoms with E-state index < -0.39 is 0 Å². The van der Waals surface area contributed by atoms with E-state index in [4.69, 9.17) is 0 Å². The average molecular weight is 268 g/mol. The minimum absolute atomic E-state index is 0.499. The van der Waals surface area contributed by atoms with Crippen molar-refractivity contribution in [2.75, 3.05) is 13.1 Å². The molecule has 1 N–H and O–H groups in total. The van der Waals surface area contributed by atoms with E-state index in [1.54, 1.807) is 0 Å². The Balaban J connectivity index is 2.04. The van der Waals surface area contributed by atoms with Gasteiger partial charge in [-0.05, 0) is 36.1 Å². The molecule has 2 heteroatoms. The molecule has 0 amide bonds. The monoisotopic (exact) mass is 268 g/mol. The molecule has 1 aromatic carbocycles. The molecule has 0 aliphatic rings. The molecule has 0 radical (unpaired) electrons. The molecular formula is C18H24N2. The summed E-state index contributed by atoms with van der Waals surface area (Å²) in [6.45, 7) is 6.56. The third-order valence-corrected chi connectivity index (χ3v) is 3.42. The smallest absolute Gasteiger partial charge is 0.0300 e. The fourth-order valence-corrected chi connectivity index (χ4v) is 2.38. The Kier molecular flexibility index (Phi) is 5.75. The molecule has 0 saturated heterocycles. The first kappa shape index (κ1) is 14.7. The molecule has 0 aliphatic heterocycles. The first-order valence-electron chi connectivity index (χ1n) is 7.40. The second-order valence-electron chi connectivity index (χ2n) is 5.73. The molecule has 20 heavy (non-hydrogen) atoms. The van der Waals surface area contributed by atoms with Crippen molar-refractivity contribution < 1.29 is 0 Å². The lowest BCUT2D eigenvalue weighted by Crippen LogP contribution is -2.26. The lowest BCUT2D eigenvalue weighted by Gasteiger charge is -2.19. The van der Waals surface area contributed by atoms with Crippen molar-refractivity contribution in [2.45, 2.75) is 26.2 Å². The van der Waals surface area contributed by atoms with Crippen LogP contribution in [0.1, 0.15) is 30.9 Å². The Hall–Kier alpha value is -1.67. The van der Waals surface area contributed by atoms with Gasteiger partial charge in [-0.2, -0.15) is 0 Å². The van der Waals surface area contributed by atoms with Gasteiger partial charge in [-0.15, -0.1) is 0 Å². The van der Waals surface area contributed by atoms with Crippen LogP contribution in [0.25, 0.3) is 0 Å². The van der Waals surface area contributed by atoms with Crippen LogP contribution < -0.4 is 5.32 Å². The number of pyridine rings is 1. The van der Waals surface area contributed by atoms with Crippen molar-refractivity contribution in [3.8, 4) is 0 Å². The van der Waals surface area contributed by atoms with E-state index in [0.717, 1.165) is 19.5 Å². The van der Waals surface area contributed by atoms with Crippen LogP contribution in [-0.4, -0.2) is 18.1 Å². The molecule has 0 fully saturated rings. The van der Waals surface area contributed by atoms with Crippen LogP contribution in [0.5, 0.6) is 0 Å². The highest BCUT2D eigenvalue weighted by Gasteiger charge is 2.12. The Morgan fingerprint density at radius 1 is 1.00 bits per heavy atom. The fraction of sp³-hybridized carbons (Fsp3) is 0.389. The number of hydrogen-bond donors (Lipinski definition) is 1. The van der Waals surface area contributed by atoms with Crippen LogP contribution in [0.2, 0.25) is 0 Å². The number of benzene rings is 1. The van der Waals surface area contributed by atoms with Gasteiger partial charge in [0.25, 0.3) is 0 Å². The van der Waals surface area contributed by atoms with Crippen molar-refractivity contribution in [2.24, 2.45) is 5.92 Å². The molecule has 0 saturated carbocycles. The van der Waals surface area contributed by atoms with Gasteiger partial charge < -0.3 is 5.32 Å². The summed E-state index contributed by atoms with van der Waals surface area (Å²) in [7, 11) is 0. The largest absolute Gasteiger partial charge is 0.316 e. The summed E-state index contributed by atoms with van der Waals surface area (Å²) >= 11 is 0. The van der Waals surface area contributed by atoms with Gasteiger partial charge in [-0.25, -0.2) is 0 Å². The molecule has 1 unspecified atom stereocenters. The van der Waals surface area contributed by atoms with E-state index >= 15 is 0 Å². The Bertz CT molecular complexity index is 479. The zero-order valence-corrected chi connectivity index (χ0v) is 12.4. The van der Waals surface area contributed by atoms with Crippen LogP contribution in [0.15, 0.2) is 54.9 Å². The predicted octanol–water partition coefficient (Wildman–Crippen LogP) is 3.65. The maximum atomic E-state index is 4.22. The molecular weight excluding hydrogens is 244 g/mol. The van der Waals surface area contributed by atoms with Gasteiger partial charge in [0.15, 0.2) is 0 Å². The predicted molar refractivity (Wildman–Crippen MR) is 84.8 cm³/mol. The third kappa shape index (κ3) is 4.78. The topological polar surface area (TPSA) is 24.9 Å². The number of nitrogens with one attached hydrogen (secondary N) is 1. The molecule has 2 rings (SSSR count). The van der Waals surface area contributed by atoms with Crippen molar-refractivity contribution >= 4 is 0 Å². The quantitative estimate of drug-likeness (QED) is 0.829. The highest BCUT2D eigenvalue weighted by Crippen LogP contribution is 2.19. The van der Waals surface area contributed by atoms with Gasteiger partial charge in [-0.3, -0.25) is 4.98 Å². The highest BCUT2D eigenvalue weighted by atomic mass is 14.9. The lowest BCUT2D eigenvalue weighted by molar-refractivity contribution is 0.514. The molecule has 2 nitrogen and oxygen atoms in total. The summed E-state index contributed by atoms with van der Waals surface area (Å²) in [6, 6.07) is 14.9. The van der Waals surface area contributed by atoms with E-state index in [2.05, 4.69) is 60.5 Å². The standard InChI is InChI=1S/C18H24N2/c1-15(2)12-20-14-18(17-8-4-3-5-9-17)11-16-7-6-10-19-13-16/h3-10,13,15,18,20H,11-12,14H2,1-2H3. The fourth-order valence-electron chi connectivity index (χ4n) is 2.38. The van der Waals surface area contributed by atoms with Crippen molar-refractivity contribution in [3.63, 3.8) is 0 Å². The number of rotatable bonds is 7. The number of nitrogens with zero attached hydrogens (tertiary/aromatic N) is 1. The second kappa shape index (κ2) is 7.81. The normalized spacial score (nSPS) is 12.6. The molecule has 0 bridgehead atoms. The summed E-state index contributed by atoms with van der Waals surface area (Å²) in [5.74, 6) is 1.18. The average Bonchev–Trinajstić information content (AvgIpc) is 2.48. The first-order valence-corrected chi connectivity index (χ1v) is 7.40. The summed E-state index contributed by atoms with van der Waals surface area (Å²) in [4.78, 5) is 4.22. The Morgan fingerprint density at radius 3 is 2.45 bits per heavy atom. The molecule has 2 aromatic rings. The number of aromatic nitrogens is 1. The summed E-state index contributed by atoms with van der Waals surface area (Å²) < 4.78 is 0. The number of hydrogen-bond acceptors (Lipinski definition) is 2. The zero-order valence-electron chi connectivity index (χ0n) is 12.4. The molecule has 1 aromatic heterocycles. The highest BCUT2D eigenvalue weighted by molar-refractivity contribution is 5.23. The van der Waals surface area contributed by atoms with Crippen LogP contribution in [0.4, 0.5) is 0 Å². The van der Waals surface area contributed by atoms with Crippen molar-refractivity contribution in [1.29, 1.82) is 0 Å². The SMILES string of the molecule is CC(C)CNCC(Cc1cccnc1)c1ccccc1. The zero-order chi connectivity index (χ0) is 14.2. The molecule has 1 atom stereocenters. The minimum Gasteiger partial charge on any atom is -0.316 e. The summed E-state index contributed by atoms with van der Waals surface area (Å²) in [5, 5.41) is 3.58. The molecule has 0 aliphatic carbocycles. The van der Waals surface area contributed by atoms with Gasteiger partial charge in [0.05, 0.1) is 0 Å². The summed E-state index contributed by atoms with van der Waals surface area (Å²) in [6.07, 6.45) is 4.83. The Labute approximate surface area is 122 Å². The van der Waals surface area contributed by atoms with E-state index in [0.29, 0.717) is 11.8 Å².